The third-order valence-electron chi connectivity index (χ3n) is 1.69. The fraction of sp³-hybridized carbons (Fsp3) is 0.875. The SMILES string of the molecule is COC(C)CC(CC=O)OC. The highest BCUT2D eigenvalue weighted by atomic mass is 16.5. The van der Waals surface area contributed by atoms with Crippen molar-refractivity contribution in [3.8, 4) is 0 Å². The Labute approximate surface area is 67.7 Å². The summed E-state index contributed by atoms with van der Waals surface area (Å²) in [4.78, 5) is 10.1. The molecule has 0 heterocycles. The highest BCUT2D eigenvalue weighted by Gasteiger charge is 2.10. The molecule has 0 saturated heterocycles. The average Bonchev–Trinajstić information content (AvgIpc) is 2.03. The van der Waals surface area contributed by atoms with Crippen LogP contribution in [-0.4, -0.2) is 32.7 Å². The Morgan fingerprint density at radius 3 is 2.36 bits per heavy atom. The molecule has 0 aliphatic heterocycles. The molecule has 2 atom stereocenters. The first-order valence-electron chi connectivity index (χ1n) is 3.73. The first-order chi connectivity index (χ1) is 5.24. The predicted molar refractivity (Wildman–Crippen MR) is 42.6 cm³/mol. The van der Waals surface area contributed by atoms with Gasteiger partial charge in [0.25, 0.3) is 0 Å². The molecule has 2 unspecified atom stereocenters. The molecule has 3 nitrogen and oxygen atoms in total. The van der Waals surface area contributed by atoms with E-state index in [1.54, 1.807) is 14.2 Å². The minimum atomic E-state index is 0.00227. The van der Waals surface area contributed by atoms with Gasteiger partial charge in [0, 0.05) is 20.6 Å². The van der Waals surface area contributed by atoms with Gasteiger partial charge in [-0.3, -0.25) is 0 Å². The first-order valence-corrected chi connectivity index (χ1v) is 3.73. The van der Waals surface area contributed by atoms with Crippen LogP contribution < -0.4 is 0 Å². The van der Waals surface area contributed by atoms with Crippen molar-refractivity contribution in [2.45, 2.75) is 32.0 Å². The number of carbonyl (C=O) groups excluding carboxylic acids is 1. The number of methoxy groups -OCH3 is 2. The summed E-state index contributed by atoms with van der Waals surface area (Å²) in [7, 11) is 3.26. The summed E-state index contributed by atoms with van der Waals surface area (Å²) in [5, 5.41) is 0. The maximum Gasteiger partial charge on any atom is 0.122 e. The van der Waals surface area contributed by atoms with E-state index in [4.69, 9.17) is 9.47 Å². The third-order valence-corrected chi connectivity index (χ3v) is 1.69. The summed E-state index contributed by atoms with van der Waals surface area (Å²) < 4.78 is 10.1. The van der Waals surface area contributed by atoms with Crippen LogP contribution in [0, 0.1) is 0 Å². The number of hydrogen-bond donors (Lipinski definition) is 0. The van der Waals surface area contributed by atoms with Gasteiger partial charge >= 0.3 is 0 Å². The monoisotopic (exact) mass is 160 g/mol. The van der Waals surface area contributed by atoms with Gasteiger partial charge in [-0.15, -0.1) is 0 Å². The standard InChI is InChI=1S/C8H16O3/c1-7(10-2)6-8(11-3)4-5-9/h5,7-8H,4,6H2,1-3H3. The minimum Gasteiger partial charge on any atom is -0.382 e. The third kappa shape index (κ3) is 4.93. The van der Waals surface area contributed by atoms with Crippen LogP contribution in [0.1, 0.15) is 19.8 Å². The van der Waals surface area contributed by atoms with Crippen molar-refractivity contribution in [1.82, 2.24) is 0 Å². The molecule has 0 saturated carbocycles. The van der Waals surface area contributed by atoms with Gasteiger partial charge in [0.15, 0.2) is 0 Å². The van der Waals surface area contributed by atoms with Gasteiger partial charge in [-0.05, 0) is 13.3 Å². The van der Waals surface area contributed by atoms with Crippen LogP contribution in [0.3, 0.4) is 0 Å². The van der Waals surface area contributed by atoms with E-state index in [2.05, 4.69) is 0 Å². The fourth-order valence-electron chi connectivity index (χ4n) is 0.862. The topological polar surface area (TPSA) is 35.5 Å². The molecular weight excluding hydrogens is 144 g/mol. The van der Waals surface area contributed by atoms with Crippen LogP contribution >= 0.6 is 0 Å². The molecule has 0 radical (unpaired) electrons. The largest absolute Gasteiger partial charge is 0.382 e. The molecule has 0 N–H and O–H groups in total. The van der Waals surface area contributed by atoms with Crippen LogP contribution in [0.4, 0.5) is 0 Å². The molecule has 3 heteroatoms. The molecule has 0 aliphatic rings. The Morgan fingerprint density at radius 1 is 1.36 bits per heavy atom. The zero-order chi connectivity index (χ0) is 8.69. The summed E-state index contributed by atoms with van der Waals surface area (Å²) in [5.41, 5.74) is 0. The highest BCUT2D eigenvalue weighted by Crippen LogP contribution is 2.06. The Balaban J connectivity index is 3.57. The van der Waals surface area contributed by atoms with Gasteiger partial charge in [0.1, 0.15) is 6.29 Å². The smallest absolute Gasteiger partial charge is 0.122 e. The van der Waals surface area contributed by atoms with Crippen molar-refractivity contribution in [2.24, 2.45) is 0 Å². The lowest BCUT2D eigenvalue weighted by molar-refractivity contribution is -0.110. The molecule has 0 amide bonds. The van der Waals surface area contributed by atoms with Crippen molar-refractivity contribution in [3.63, 3.8) is 0 Å². The van der Waals surface area contributed by atoms with E-state index < -0.39 is 0 Å². The summed E-state index contributed by atoms with van der Waals surface area (Å²) >= 11 is 0. The van der Waals surface area contributed by atoms with Crippen LogP contribution in [0.2, 0.25) is 0 Å². The van der Waals surface area contributed by atoms with E-state index in [-0.39, 0.29) is 12.2 Å². The Kier molecular flexibility index (Phi) is 6.07. The summed E-state index contributed by atoms with van der Waals surface area (Å²) in [6.07, 6.45) is 2.24. The molecule has 0 rings (SSSR count). The molecule has 66 valence electrons. The predicted octanol–water partition coefficient (Wildman–Crippen LogP) is 1.02. The maximum atomic E-state index is 10.1. The van der Waals surface area contributed by atoms with Crippen molar-refractivity contribution >= 4 is 6.29 Å². The summed E-state index contributed by atoms with van der Waals surface area (Å²) in [6.45, 7) is 1.96. The van der Waals surface area contributed by atoms with Gasteiger partial charge in [0.2, 0.25) is 0 Å². The lowest BCUT2D eigenvalue weighted by Crippen LogP contribution is -2.19. The summed E-state index contributed by atoms with van der Waals surface area (Å²) in [6, 6.07) is 0. The van der Waals surface area contributed by atoms with Crippen molar-refractivity contribution in [2.75, 3.05) is 14.2 Å². The molecule has 0 aromatic rings. The van der Waals surface area contributed by atoms with E-state index >= 15 is 0 Å². The lowest BCUT2D eigenvalue weighted by atomic mass is 10.1. The number of hydrogen-bond acceptors (Lipinski definition) is 3. The van der Waals surface area contributed by atoms with E-state index in [1.165, 1.54) is 0 Å². The van der Waals surface area contributed by atoms with Crippen molar-refractivity contribution < 1.29 is 14.3 Å². The highest BCUT2D eigenvalue weighted by molar-refractivity contribution is 5.50. The second kappa shape index (κ2) is 6.31. The van der Waals surface area contributed by atoms with Gasteiger partial charge in [-0.25, -0.2) is 0 Å². The number of ether oxygens (including phenoxy) is 2. The molecule has 0 aromatic carbocycles. The first kappa shape index (κ1) is 10.6. The fourth-order valence-corrected chi connectivity index (χ4v) is 0.862. The molecule has 0 aromatic heterocycles. The normalized spacial score (nSPS) is 15.9. The second-order valence-electron chi connectivity index (χ2n) is 2.54. The number of aldehydes is 1. The lowest BCUT2D eigenvalue weighted by Gasteiger charge is -2.16. The van der Waals surface area contributed by atoms with Crippen LogP contribution in [0.25, 0.3) is 0 Å². The molecular formula is C8H16O3. The van der Waals surface area contributed by atoms with Crippen LogP contribution in [0.15, 0.2) is 0 Å². The van der Waals surface area contributed by atoms with Crippen LogP contribution in [-0.2, 0) is 14.3 Å². The Hall–Kier alpha value is -0.410. The minimum absolute atomic E-state index is 0.00227. The molecule has 0 aliphatic carbocycles. The van der Waals surface area contributed by atoms with Crippen molar-refractivity contribution in [1.29, 1.82) is 0 Å². The van der Waals surface area contributed by atoms with E-state index in [0.29, 0.717) is 6.42 Å². The quantitative estimate of drug-likeness (QED) is 0.544. The molecule has 0 spiro atoms. The van der Waals surface area contributed by atoms with E-state index in [1.807, 2.05) is 6.92 Å². The maximum absolute atomic E-state index is 10.1. The van der Waals surface area contributed by atoms with Crippen molar-refractivity contribution in [3.05, 3.63) is 0 Å². The van der Waals surface area contributed by atoms with E-state index in [9.17, 15) is 4.79 Å². The summed E-state index contributed by atoms with van der Waals surface area (Å²) in [5.74, 6) is 0. The molecule has 0 bridgehead atoms. The number of carbonyl (C=O) groups is 1. The second-order valence-corrected chi connectivity index (χ2v) is 2.54. The van der Waals surface area contributed by atoms with Crippen LogP contribution in [0.5, 0.6) is 0 Å². The van der Waals surface area contributed by atoms with Gasteiger partial charge in [0.05, 0.1) is 12.2 Å². The average molecular weight is 160 g/mol. The molecule has 0 fully saturated rings. The van der Waals surface area contributed by atoms with Gasteiger partial charge in [-0.1, -0.05) is 0 Å². The van der Waals surface area contributed by atoms with Gasteiger partial charge < -0.3 is 14.3 Å². The number of rotatable bonds is 6. The Morgan fingerprint density at radius 2 is 2.00 bits per heavy atom. The van der Waals surface area contributed by atoms with Gasteiger partial charge in [-0.2, -0.15) is 0 Å². The zero-order valence-corrected chi connectivity index (χ0v) is 7.37. The zero-order valence-electron chi connectivity index (χ0n) is 7.37. The van der Waals surface area contributed by atoms with E-state index in [0.717, 1.165) is 12.7 Å². The Bertz CT molecular complexity index is 104. The molecule has 11 heavy (non-hydrogen) atoms.